The Labute approximate surface area is 95.2 Å². The molecule has 88 valence electrons. The van der Waals surface area contributed by atoms with Gasteiger partial charge in [-0.1, -0.05) is 18.6 Å². The molecule has 5 nitrogen and oxygen atoms in total. The molecule has 0 aromatic carbocycles. The highest BCUT2D eigenvalue weighted by Gasteiger charge is 2.24. The van der Waals surface area contributed by atoms with Crippen LogP contribution in [0.1, 0.15) is 43.1 Å². The molecule has 1 aliphatic rings. The lowest BCUT2D eigenvalue weighted by molar-refractivity contribution is 0.0916. The van der Waals surface area contributed by atoms with Gasteiger partial charge < -0.3 is 5.32 Å². The standard InChI is InChI=1S/C11H18N4O/c1-2-7-15-10(8-13-14-15)11(16)9-5-3-4-6-12-9/h8-9,12H,2-7H2,1H3. The number of piperidine rings is 1. The van der Waals surface area contributed by atoms with E-state index >= 15 is 0 Å². The van der Waals surface area contributed by atoms with Crippen LogP contribution in [0.5, 0.6) is 0 Å². The number of nitrogens with one attached hydrogen (secondary N) is 1. The van der Waals surface area contributed by atoms with Crippen molar-refractivity contribution in [3.05, 3.63) is 11.9 Å². The Morgan fingerprint density at radius 1 is 1.62 bits per heavy atom. The Morgan fingerprint density at radius 2 is 2.50 bits per heavy atom. The van der Waals surface area contributed by atoms with Crippen molar-refractivity contribution in [1.29, 1.82) is 0 Å². The van der Waals surface area contributed by atoms with Gasteiger partial charge in [0, 0.05) is 6.54 Å². The minimum atomic E-state index is -0.0390. The zero-order valence-corrected chi connectivity index (χ0v) is 9.65. The fourth-order valence-corrected chi connectivity index (χ4v) is 2.08. The molecular weight excluding hydrogens is 204 g/mol. The number of carbonyl (C=O) groups is 1. The molecule has 0 saturated carbocycles. The van der Waals surface area contributed by atoms with Crippen molar-refractivity contribution in [3.8, 4) is 0 Å². The summed E-state index contributed by atoms with van der Waals surface area (Å²) in [5, 5.41) is 11.0. The fourth-order valence-electron chi connectivity index (χ4n) is 2.08. The molecule has 1 aromatic heterocycles. The van der Waals surface area contributed by atoms with Gasteiger partial charge in [0.05, 0.1) is 12.2 Å². The smallest absolute Gasteiger partial charge is 0.199 e. The van der Waals surface area contributed by atoms with Crippen molar-refractivity contribution in [3.63, 3.8) is 0 Å². The molecule has 1 N–H and O–H groups in total. The van der Waals surface area contributed by atoms with Gasteiger partial charge in [-0.25, -0.2) is 4.68 Å². The molecular formula is C11H18N4O. The van der Waals surface area contributed by atoms with Crippen molar-refractivity contribution in [2.45, 2.75) is 45.2 Å². The highest BCUT2D eigenvalue weighted by atomic mass is 16.1. The quantitative estimate of drug-likeness (QED) is 0.772. The summed E-state index contributed by atoms with van der Waals surface area (Å²) in [4.78, 5) is 12.2. The van der Waals surface area contributed by atoms with E-state index in [4.69, 9.17) is 0 Å². The van der Waals surface area contributed by atoms with Crippen LogP contribution in [0, 0.1) is 0 Å². The summed E-state index contributed by atoms with van der Waals surface area (Å²) >= 11 is 0. The van der Waals surface area contributed by atoms with Crippen molar-refractivity contribution in [2.75, 3.05) is 6.54 Å². The molecule has 5 heteroatoms. The van der Waals surface area contributed by atoms with Crippen LogP contribution in [-0.2, 0) is 6.54 Å². The van der Waals surface area contributed by atoms with E-state index in [2.05, 4.69) is 22.6 Å². The van der Waals surface area contributed by atoms with Gasteiger partial charge in [0.1, 0.15) is 5.69 Å². The van der Waals surface area contributed by atoms with E-state index in [1.54, 1.807) is 10.9 Å². The third kappa shape index (κ3) is 2.29. The number of carbonyl (C=O) groups excluding carboxylic acids is 1. The zero-order chi connectivity index (χ0) is 11.4. The zero-order valence-electron chi connectivity index (χ0n) is 9.65. The number of Topliss-reactive ketones (excluding diaryl/α,β-unsaturated/α-hetero) is 1. The lowest BCUT2D eigenvalue weighted by Gasteiger charge is -2.21. The molecule has 1 fully saturated rings. The minimum absolute atomic E-state index is 0.0390. The molecule has 1 atom stereocenters. The Bertz CT molecular complexity index is 355. The minimum Gasteiger partial charge on any atom is -0.307 e. The third-order valence-electron chi connectivity index (χ3n) is 2.93. The van der Waals surface area contributed by atoms with Gasteiger partial charge in [0.25, 0.3) is 0 Å². The van der Waals surface area contributed by atoms with E-state index in [-0.39, 0.29) is 11.8 Å². The van der Waals surface area contributed by atoms with Gasteiger partial charge in [-0.2, -0.15) is 0 Å². The van der Waals surface area contributed by atoms with Crippen LogP contribution in [0.15, 0.2) is 6.20 Å². The molecule has 1 aliphatic heterocycles. The summed E-state index contributed by atoms with van der Waals surface area (Å²) in [6, 6.07) is -0.0390. The maximum atomic E-state index is 12.2. The average Bonchev–Trinajstić information content (AvgIpc) is 2.78. The van der Waals surface area contributed by atoms with Crippen molar-refractivity contribution < 1.29 is 4.79 Å². The Hall–Kier alpha value is -1.23. The number of hydrogen-bond donors (Lipinski definition) is 1. The predicted octanol–water partition coefficient (Wildman–Crippen LogP) is 1.01. The highest BCUT2D eigenvalue weighted by Crippen LogP contribution is 2.12. The van der Waals surface area contributed by atoms with E-state index in [0.717, 1.165) is 38.8 Å². The number of aromatic nitrogens is 3. The van der Waals surface area contributed by atoms with Gasteiger partial charge in [0.15, 0.2) is 5.78 Å². The van der Waals surface area contributed by atoms with E-state index in [9.17, 15) is 4.79 Å². The largest absolute Gasteiger partial charge is 0.307 e. The van der Waals surface area contributed by atoms with Crippen LogP contribution in [-0.4, -0.2) is 33.4 Å². The molecule has 0 aliphatic carbocycles. The molecule has 1 saturated heterocycles. The van der Waals surface area contributed by atoms with E-state index in [1.165, 1.54) is 0 Å². The second-order valence-electron chi connectivity index (χ2n) is 4.21. The van der Waals surface area contributed by atoms with Crippen molar-refractivity contribution >= 4 is 5.78 Å². The number of ketones is 1. The van der Waals surface area contributed by atoms with Gasteiger partial charge in [-0.05, 0) is 25.8 Å². The summed E-state index contributed by atoms with van der Waals surface area (Å²) < 4.78 is 1.71. The predicted molar refractivity (Wildman–Crippen MR) is 60.3 cm³/mol. The maximum Gasteiger partial charge on any atom is 0.199 e. The molecule has 0 bridgehead atoms. The molecule has 2 heterocycles. The Kier molecular flexibility index (Phi) is 3.66. The molecule has 0 spiro atoms. The second-order valence-corrected chi connectivity index (χ2v) is 4.21. The van der Waals surface area contributed by atoms with E-state index in [0.29, 0.717) is 5.69 Å². The van der Waals surface area contributed by atoms with Gasteiger partial charge in [-0.15, -0.1) is 5.10 Å². The Morgan fingerprint density at radius 3 is 3.19 bits per heavy atom. The summed E-state index contributed by atoms with van der Waals surface area (Å²) in [5.41, 5.74) is 0.640. The molecule has 0 amide bonds. The first-order valence-corrected chi connectivity index (χ1v) is 5.99. The van der Waals surface area contributed by atoms with Gasteiger partial charge in [0.2, 0.25) is 0 Å². The number of nitrogens with zero attached hydrogens (tertiary/aromatic N) is 3. The van der Waals surface area contributed by atoms with Gasteiger partial charge in [-0.3, -0.25) is 4.79 Å². The first-order valence-electron chi connectivity index (χ1n) is 5.99. The van der Waals surface area contributed by atoms with Crippen LogP contribution in [0.3, 0.4) is 0 Å². The number of rotatable bonds is 4. The fraction of sp³-hybridized carbons (Fsp3) is 0.727. The summed E-state index contributed by atoms with van der Waals surface area (Å²) in [6.45, 7) is 3.76. The third-order valence-corrected chi connectivity index (χ3v) is 2.93. The first-order chi connectivity index (χ1) is 7.83. The van der Waals surface area contributed by atoms with E-state index in [1.807, 2.05) is 0 Å². The lowest BCUT2D eigenvalue weighted by Crippen LogP contribution is -2.41. The molecule has 1 unspecified atom stereocenters. The van der Waals surface area contributed by atoms with Crippen LogP contribution >= 0.6 is 0 Å². The summed E-state index contributed by atoms with van der Waals surface area (Å²) in [5.74, 6) is 0.137. The van der Waals surface area contributed by atoms with Gasteiger partial charge >= 0.3 is 0 Å². The van der Waals surface area contributed by atoms with E-state index < -0.39 is 0 Å². The number of aryl methyl sites for hydroxylation is 1. The van der Waals surface area contributed by atoms with Crippen LogP contribution in [0.25, 0.3) is 0 Å². The first kappa shape index (κ1) is 11.3. The summed E-state index contributed by atoms with van der Waals surface area (Å²) in [7, 11) is 0. The molecule has 16 heavy (non-hydrogen) atoms. The van der Waals surface area contributed by atoms with Crippen LogP contribution in [0.2, 0.25) is 0 Å². The summed E-state index contributed by atoms with van der Waals surface area (Å²) in [6.07, 6.45) is 5.75. The van der Waals surface area contributed by atoms with Crippen molar-refractivity contribution in [1.82, 2.24) is 20.3 Å². The maximum absolute atomic E-state index is 12.2. The Balaban J connectivity index is 2.09. The highest BCUT2D eigenvalue weighted by molar-refractivity contribution is 5.98. The monoisotopic (exact) mass is 222 g/mol. The molecule has 0 radical (unpaired) electrons. The normalized spacial score (nSPS) is 20.9. The molecule has 1 aromatic rings. The average molecular weight is 222 g/mol. The molecule has 2 rings (SSSR count). The van der Waals surface area contributed by atoms with Crippen LogP contribution < -0.4 is 5.32 Å². The lowest BCUT2D eigenvalue weighted by atomic mass is 9.99. The second kappa shape index (κ2) is 5.21. The van der Waals surface area contributed by atoms with Crippen LogP contribution in [0.4, 0.5) is 0 Å². The topological polar surface area (TPSA) is 59.8 Å². The number of hydrogen-bond acceptors (Lipinski definition) is 4. The van der Waals surface area contributed by atoms with Crippen molar-refractivity contribution in [2.24, 2.45) is 0 Å². The SMILES string of the molecule is CCCn1nncc1C(=O)C1CCCCN1.